The average molecular weight is 249 g/mol. The molecule has 98 valence electrons. The third kappa shape index (κ3) is 2.49. The highest BCUT2D eigenvalue weighted by Crippen LogP contribution is 2.32. The minimum absolute atomic E-state index is 0.0294. The predicted octanol–water partition coefficient (Wildman–Crippen LogP) is 1.42. The number of fused-ring (bicyclic) bond motifs is 2. The Kier molecular flexibility index (Phi) is 3.31. The number of nitrogens with one attached hydrogen (secondary N) is 1. The fourth-order valence-corrected chi connectivity index (χ4v) is 2.56. The quantitative estimate of drug-likeness (QED) is 0.659. The van der Waals surface area contributed by atoms with Gasteiger partial charge in [0.25, 0.3) is 0 Å². The van der Waals surface area contributed by atoms with Crippen molar-refractivity contribution in [2.45, 2.75) is 44.9 Å². The van der Waals surface area contributed by atoms with Gasteiger partial charge in [0.1, 0.15) is 5.60 Å². The van der Waals surface area contributed by atoms with Crippen LogP contribution in [0.4, 0.5) is 4.79 Å². The summed E-state index contributed by atoms with van der Waals surface area (Å²) >= 11 is 0. The number of ether oxygens (including phenoxy) is 1. The Morgan fingerprint density at radius 1 is 1.56 bits per heavy atom. The van der Waals surface area contributed by atoms with Crippen LogP contribution in [0, 0.1) is 11.3 Å². The maximum Gasteiger partial charge on any atom is 0.411 e. The van der Waals surface area contributed by atoms with E-state index in [0.717, 1.165) is 18.5 Å². The molecule has 0 aromatic rings. The highest BCUT2D eigenvalue weighted by molar-refractivity contribution is 5.71. The summed E-state index contributed by atoms with van der Waals surface area (Å²) in [4.78, 5) is 14.0. The normalized spacial score (nSPS) is 29.2. The Morgan fingerprint density at radius 2 is 2.28 bits per heavy atom. The van der Waals surface area contributed by atoms with E-state index >= 15 is 0 Å². The SMILES string of the molecule is CC(C)(C)OC(=O)N1C2CNCC1C(=CC#N)C2. The van der Waals surface area contributed by atoms with Crippen molar-refractivity contribution in [3.8, 4) is 6.07 Å². The van der Waals surface area contributed by atoms with Crippen molar-refractivity contribution in [3.05, 3.63) is 11.6 Å². The van der Waals surface area contributed by atoms with Gasteiger partial charge >= 0.3 is 6.09 Å². The summed E-state index contributed by atoms with van der Waals surface area (Å²) in [6.45, 7) is 7.05. The summed E-state index contributed by atoms with van der Waals surface area (Å²) in [5.41, 5.74) is 0.541. The van der Waals surface area contributed by atoms with Crippen molar-refractivity contribution in [2.75, 3.05) is 13.1 Å². The van der Waals surface area contributed by atoms with E-state index in [-0.39, 0.29) is 18.2 Å². The summed E-state index contributed by atoms with van der Waals surface area (Å²) in [5.74, 6) is 0. The molecular formula is C13H19N3O2. The van der Waals surface area contributed by atoms with E-state index in [1.54, 1.807) is 11.0 Å². The van der Waals surface area contributed by atoms with Gasteiger partial charge in [0.2, 0.25) is 0 Å². The molecule has 0 aromatic carbocycles. The lowest BCUT2D eigenvalue weighted by atomic mass is 10.1. The molecule has 0 aliphatic carbocycles. The summed E-state index contributed by atoms with van der Waals surface area (Å²) in [6, 6.07) is 2.14. The van der Waals surface area contributed by atoms with Crippen LogP contribution in [0.2, 0.25) is 0 Å². The van der Waals surface area contributed by atoms with Crippen molar-refractivity contribution >= 4 is 6.09 Å². The third-order valence-electron chi connectivity index (χ3n) is 3.20. The lowest BCUT2D eigenvalue weighted by molar-refractivity contribution is 0.0114. The van der Waals surface area contributed by atoms with E-state index in [4.69, 9.17) is 10.00 Å². The van der Waals surface area contributed by atoms with Crippen LogP contribution in [0.3, 0.4) is 0 Å². The molecule has 18 heavy (non-hydrogen) atoms. The fourth-order valence-electron chi connectivity index (χ4n) is 2.56. The van der Waals surface area contributed by atoms with Gasteiger partial charge in [0.05, 0.1) is 18.2 Å². The Bertz CT molecular complexity index is 417. The van der Waals surface area contributed by atoms with E-state index in [0.29, 0.717) is 6.54 Å². The van der Waals surface area contributed by atoms with Crippen molar-refractivity contribution in [1.82, 2.24) is 10.2 Å². The summed E-state index contributed by atoms with van der Waals surface area (Å²) in [7, 11) is 0. The van der Waals surface area contributed by atoms with Gasteiger partial charge in [-0.05, 0) is 32.8 Å². The van der Waals surface area contributed by atoms with E-state index in [2.05, 4.69) is 11.4 Å². The Balaban J connectivity index is 2.17. The van der Waals surface area contributed by atoms with E-state index in [1.165, 1.54) is 0 Å². The van der Waals surface area contributed by atoms with Crippen LogP contribution in [0.5, 0.6) is 0 Å². The van der Waals surface area contributed by atoms with Gasteiger partial charge in [0, 0.05) is 19.2 Å². The minimum Gasteiger partial charge on any atom is -0.444 e. The zero-order valence-electron chi connectivity index (χ0n) is 11.1. The number of hydrogen-bond donors (Lipinski definition) is 1. The van der Waals surface area contributed by atoms with Crippen LogP contribution < -0.4 is 5.32 Å². The average Bonchev–Trinajstić information content (AvgIpc) is 2.45. The molecular weight excluding hydrogens is 230 g/mol. The molecule has 0 aromatic heterocycles. The van der Waals surface area contributed by atoms with Crippen LogP contribution in [-0.2, 0) is 4.74 Å². The third-order valence-corrected chi connectivity index (χ3v) is 3.20. The number of nitrogens with zero attached hydrogens (tertiary/aromatic N) is 2. The van der Waals surface area contributed by atoms with Crippen molar-refractivity contribution in [3.63, 3.8) is 0 Å². The van der Waals surface area contributed by atoms with E-state index in [9.17, 15) is 4.79 Å². The monoisotopic (exact) mass is 249 g/mol. The molecule has 2 unspecified atom stereocenters. The largest absolute Gasteiger partial charge is 0.444 e. The van der Waals surface area contributed by atoms with Gasteiger partial charge in [-0.15, -0.1) is 0 Å². The van der Waals surface area contributed by atoms with Crippen LogP contribution in [0.1, 0.15) is 27.2 Å². The molecule has 2 atom stereocenters. The number of allylic oxidation sites excluding steroid dienone is 1. The highest BCUT2D eigenvalue weighted by atomic mass is 16.6. The zero-order chi connectivity index (χ0) is 13.3. The minimum atomic E-state index is -0.486. The van der Waals surface area contributed by atoms with Crippen molar-refractivity contribution < 1.29 is 9.53 Å². The molecule has 2 fully saturated rings. The summed E-state index contributed by atoms with van der Waals surface area (Å²) in [6.07, 6.45) is 2.06. The standard InChI is InChI=1S/C13H19N3O2/c1-13(2,3)18-12(17)16-10-6-9(4-5-14)11(16)8-15-7-10/h4,10-11,15H,6-8H2,1-3H3. The van der Waals surface area contributed by atoms with Crippen LogP contribution >= 0.6 is 0 Å². The predicted molar refractivity (Wildman–Crippen MR) is 66.8 cm³/mol. The molecule has 2 heterocycles. The Morgan fingerprint density at radius 3 is 2.89 bits per heavy atom. The summed E-state index contributed by atoms with van der Waals surface area (Å²) < 4.78 is 5.43. The van der Waals surface area contributed by atoms with Crippen LogP contribution in [0.25, 0.3) is 0 Å². The molecule has 2 saturated heterocycles. The van der Waals surface area contributed by atoms with Gasteiger partial charge in [-0.1, -0.05) is 0 Å². The summed E-state index contributed by atoms with van der Waals surface area (Å²) in [5, 5.41) is 12.1. The first-order chi connectivity index (χ1) is 8.42. The van der Waals surface area contributed by atoms with E-state index < -0.39 is 5.60 Å². The first-order valence-electron chi connectivity index (χ1n) is 6.23. The van der Waals surface area contributed by atoms with Crippen molar-refractivity contribution in [2.24, 2.45) is 0 Å². The second-order valence-corrected chi connectivity index (χ2v) is 5.77. The Labute approximate surface area is 107 Å². The molecule has 5 nitrogen and oxygen atoms in total. The lowest BCUT2D eigenvalue weighted by Gasteiger charge is -2.36. The maximum absolute atomic E-state index is 12.2. The van der Waals surface area contributed by atoms with E-state index in [1.807, 2.05) is 20.8 Å². The second kappa shape index (κ2) is 4.62. The first kappa shape index (κ1) is 12.9. The fraction of sp³-hybridized carbons (Fsp3) is 0.692. The smallest absolute Gasteiger partial charge is 0.411 e. The highest BCUT2D eigenvalue weighted by Gasteiger charge is 2.44. The number of nitriles is 1. The molecule has 2 aliphatic heterocycles. The number of rotatable bonds is 0. The Hall–Kier alpha value is -1.54. The topological polar surface area (TPSA) is 65.4 Å². The zero-order valence-corrected chi connectivity index (χ0v) is 11.1. The first-order valence-corrected chi connectivity index (χ1v) is 6.23. The lowest BCUT2D eigenvalue weighted by Crippen LogP contribution is -2.55. The number of carbonyl (C=O) groups excluding carboxylic acids is 1. The molecule has 0 spiro atoms. The van der Waals surface area contributed by atoms with Gasteiger partial charge in [-0.25, -0.2) is 4.79 Å². The van der Waals surface area contributed by atoms with Crippen LogP contribution in [0.15, 0.2) is 11.6 Å². The number of amides is 1. The molecule has 2 bridgehead atoms. The number of hydrogen-bond acceptors (Lipinski definition) is 4. The van der Waals surface area contributed by atoms with Gasteiger partial charge in [-0.2, -0.15) is 5.26 Å². The van der Waals surface area contributed by atoms with Gasteiger partial charge < -0.3 is 10.1 Å². The molecule has 5 heteroatoms. The number of piperazine rings is 1. The molecule has 0 saturated carbocycles. The van der Waals surface area contributed by atoms with Crippen LogP contribution in [-0.4, -0.2) is 41.8 Å². The molecule has 2 aliphatic rings. The second-order valence-electron chi connectivity index (χ2n) is 5.77. The molecule has 1 amide bonds. The van der Waals surface area contributed by atoms with Gasteiger partial charge in [0.15, 0.2) is 0 Å². The molecule has 0 radical (unpaired) electrons. The molecule has 1 N–H and O–H groups in total. The van der Waals surface area contributed by atoms with Gasteiger partial charge in [-0.3, -0.25) is 4.90 Å². The maximum atomic E-state index is 12.2. The molecule has 2 rings (SSSR count). The van der Waals surface area contributed by atoms with Crippen molar-refractivity contribution in [1.29, 1.82) is 5.26 Å². The number of carbonyl (C=O) groups is 1.